The minimum atomic E-state index is -0.421. The predicted molar refractivity (Wildman–Crippen MR) is 196 cm³/mol. The third kappa shape index (κ3) is 5.02. The van der Waals surface area contributed by atoms with Crippen LogP contribution in [0.1, 0.15) is 33.4 Å². The number of benzene rings is 3. The quantitative estimate of drug-likeness (QED) is 0.225. The Morgan fingerprint density at radius 1 is 0.292 bits per heavy atom. The van der Waals surface area contributed by atoms with Crippen LogP contribution in [0.25, 0.3) is 16.7 Å². The first kappa shape index (κ1) is 35.5. The number of rotatable bonds is 3. The van der Waals surface area contributed by atoms with Crippen LogP contribution >= 0.6 is 0 Å². The lowest BCUT2D eigenvalue weighted by Gasteiger charge is -2.18. The van der Waals surface area contributed by atoms with Crippen LogP contribution < -0.4 is 65.6 Å². The van der Waals surface area contributed by atoms with Gasteiger partial charge in [-0.3, -0.25) is 0 Å². The van der Waals surface area contributed by atoms with Gasteiger partial charge >= 0.3 is 0 Å². The van der Waals surface area contributed by atoms with Gasteiger partial charge in [-0.15, -0.1) is 32.8 Å². The zero-order valence-electron chi connectivity index (χ0n) is 24.6. The Morgan fingerprint density at radius 3 is 0.646 bits per heavy atom. The normalized spacial score (nSPS) is 11.2. The summed E-state index contributed by atoms with van der Waals surface area (Å²) in [5.74, 6) is 0. The van der Waals surface area contributed by atoms with Gasteiger partial charge < -0.3 is 0 Å². The van der Waals surface area contributed by atoms with E-state index in [-0.39, 0.29) is 116 Å². The van der Waals surface area contributed by atoms with E-state index in [0.717, 1.165) is 0 Å². The maximum absolute atomic E-state index is 10.6. The fourth-order valence-corrected chi connectivity index (χ4v) is 5.26. The summed E-state index contributed by atoms with van der Waals surface area (Å²) in [7, 11) is 73.1. The summed E-state index contributed by atoms with van der Waals surface area (Å²) in [6.45, 7) is 0. The first-order chi connectivity index (χ1) is 22.6. The fraction of sp³-hybridized carbons (Fsp3) is 0. The highest BCUT2D eigenvalue weighted by Gasteiger charge is 2.43. The summed E-state index contributed by atoms with van der Waals surface area (Å²) >= 11 is 0. The zero-order valence-corrected chi connectivity index (χ0v) is 24.6. The number of allylic oxidation sites excluding steroid dienone is 6. The average Bonchev–Trinajstić information content (AvgIpc) is 3.80. The molecule has 48 heavy (non-hydrogen) atoms. The Kier molecular flexibility index (Phi) is 9.61. The van der Waals surface area contributed by atoms with Gasteiger partial charge in [0.25, 0.3) is 0 Å². The Morgan fingerprint density at radius 2 is 0.479 bits per heavy atom. The minimum absolute atomic E-state index is 0.188. The van der Waals surface area contributed by atoms with Crippen LogP contribution in [0.2, 0.25) is 0 Å². The van der Waals surface area contributed by atoms with Gasteiger partial charge in [0.2, 0.25) is 0 Å². The molecule has 24 radical (unpaired) electrons. The molecule has 0 aliphatic heterocycles. The van der Waals surface area contributed by atoms with Crippen LogP contribution in [0, 0.1) is 68.0 Å². The van der Waals surface area contributed by atoms with Crippen molar-refractivity contribution in [3.63, 3.8) is 0 Å². The molecule has 0 aromatic heterocycles. The summed E-state index contributed by atoms with van der Waals surface area (Å²) < 4.78 is 0. The molecule has 0 heterocycles. The van der Waals surface area contributed by atoms with Crippen LogP contribution in [-0.4, -0.2) is 94.2 Å². The molecular weight excluding hydrogens is 574 g/mol. The lowest BCUT2D eigenvalue weighted by molar-refractivity contribution is 1.48. The zero-order chi connectivity index (χ0) is 36.1. The number of nitriles is 6. The first-order valence-electron chi connectivity index (χ1n) is 13.1. The Labute approximate surface area is 293 Å². The molecule has 0 unspecified atom stereocenters. The van der Waals surface area contributed by atoms with Gasteiger partial charge in [-0.1, -0.05) is 32.8 Å². The molecule has 0 saturated heterocycles. The van der Waals surface area contributed by atoms with Crippen molar-refractivity contribution in [2.24, 2.45) is 0 Å². The Balaban J connectivity index is 2.43. The molecule has 186 valence electrons. The summed E-state index contributed by atoms with van der Waals surface area (Å²) in [5, 5.41) is 61.8. The van der Waals surface area contributed by atoms with Gasteiger partial charge in [-0.25, -0.2) is 0 Å². The minimum Gasteiger partial charge on any atom is -0.192 e. The van der Waals surface area contributed by atoms with E-state index in [1.165, 1.54) is 0 Å². The van der Waals surface area contributed by atoms with Gasteiger partial charge in [-0.2, -0.15) is 31.6 Å². The largest absolute Gasteiger partial charge is 0.192 e. The molecule has 0 spiro atoms. The lowest BCUT2D eigenvalue weighted by atomic mass is 9.62. The highest BCUT2D eigenvalue weighted by atomic mass is 14.5. The fourth-order valence-electron chi connectivity index (χ4n) is 5.26. The summed E-state index contributed by atoms with van der Waals surface area (Å²) in [6, 6.07) is 11.3. The van der Waals surface area contributed by atoms with E-state index in [9.17, 15) is 31.6 Å². The van der Waals surface area contributed by atoms with Crippen LogP contribution in [0.15, 0.2) is 16.7 Å². The van der Waals surface area contributed by atoms with E-state index in [1.807, 2.05) is 36.4 Å². The van der Waals surface area contributed by atoms with Gasteiger partial charge in [0, 0.05) is 33.4 Å². The Bertz CT molecular complexity index is 2150. The molecule has 0 bridgehead atoms. The highest BCUT2D eigenvalue weighted by molar-refractivity contribution is 6.66. The highest BCUT2D eigenvalue weighted by Crippen LogP contribution is 2.55. The SMILES string of the molecule is [B]c1c([B])c([B])c(C(C#N)=C2C(=C(C#N)c3c([B])c([B])c([B])c([B])c3C#N)C2=C(C#N)c2c([B])c([B])c([B])c([B])c2C#N)c(C#N)c1[B]. The van der Waals surface area contributed by atoms with E-state index in [4.69, 9.17) is 94.2 Å². The summed E-state index contributed by atoms with van der Waals surface area (Å²) in [6.07, 6.45) is 0. The molecule has 3 aromatic carbocycles. The van der Waals surface area contributed by atoms with Crippen LogP contribution in [0.3, 0.4) is 0 Å². The van der Waals surface area contributed by atoms with E-state index >= 15 is 0 Å². The van der Waals surface area contributed by atoms with Crippen molar-refractivity contribution in [2.75, 3.05) is 0 Å². The first-order valence-corrected chi connectivity index (χ1v) is 13.1. The Hall–Kier alpha value is -5.40. The molecular formula is C30B12N6. The molecule has 4 rings (SSSR count). The van der Waals surface area contributed by atoms with Crippen LogP contribution in [0.4, 0.5) is 0 Å². The molecule has 18 heteroatoms. The molecule has 1 aliphatic carbocycles. The second-order valence-corrected chi connectivity index (χ2v) is 10.1. The van der Waals surface area contributed by atoms with Crippen molar-refractivity contribution in [3.05, 3.63) is 50.1 Å². The van der Waals surface area contributed by atoms with E-state index in [2.05, 4.69) is 0 Å². The van der Waals surface area contributed by atoms with Gasteiger partial charge in [-0.05, 0) is 0 Å². The maximum atomic E-state index is 10.6. The number of hydrogen-bond acceptors (Lipinski definition) is 6. The standard InChI is InChI=1S/C30B12N6/c31-19-10(4-46)13(22(34)28(40)25(19)37)7(1-43)16-17(8(2-44)14-11(5-47)20(32)26(38)29(41)23(14)35)18(16)9(3-45)15-12(6-48)21(33)27(39)30(42)24(15)36. The molecule has 1 saturated carbocycles. The van der Waals surface area contributed by atoms with Gasteiger partial charge in [0.1, 0.15) is 112 Å². The smallest absolute Gasteiger partial charge is 0.114 e. The van der Waals surface area contributed by atoms with E-state index in [1.54, 1.807) is 0 Å². The number of hydrogen-bond donors (Lipinski definition) is 0. The van der Waals surface area contributed by atoms with Crippen LogP contribution in [-0.2, 0) is 0 Å². The van der Waals surface area contributed by atoms with Crippen molar-refractivity contribution in [1.82, 2.24) is 0 Å². The molecule has 0 atom stereocenters. The molecule has 0 amide bonds. The average molecular weight is 574 g/mol. The monoisotopic (exact) mass is 576 g/mol. The molecule has 0 N–H and O–H groups in total. The maximum Gasteiger partial charge on any atom is 0.114 e. The van der Waals surface area contributed by atoms with Crippen LogP contribution in [0.5, 0.6) is 0 Å². The molecule has 1 fully saturated rings. The third-order valence-electron chi connectivity index (χ3n) is 7.84. The molecule has 3 aromatic rings. The topological polar surface area (TPSA) is 143 Å². The van der Waals surface area contributed by atoms with Gasteiger partial charge in [0.15, 0.2) is 0 Å². The van der Waals surface area contributed by atoms with E-state index < -0.39 is 16.7 Å². The van der Waals surface area contributed by atoms with Crippen molar-refractivity contribution in [3.8, 4) is 36.4 Å². The predicted octanol–water partition coefficient (Wildman–Crippen LogP) is -8.93. The second kappa shape index (κ2) is 13.0. The second-order valence-electron chi connectivity index (χ2n) is 10.1. The molecule has 6 nitrogen and oxygen atoms in total. The van der Waals surface area contributed by atoms with E-state index in [0.29, 0.717) is 0 Å². The lowest BCUT2D eigenvalue weighted by Crippen LogP contribution is -2.50. The number of nitrogens with zero attached hydrogens (tertiary/aromatic N) is 6. The third-order valence-corrected chi connectivity index (χ3v) is 7.84. The van der Waals surface area contributed by atoms with Crippen molar-refractivity contribution in [1.29, 1.82) is 31.6 Å². The van der Waals surface area contributed by atoms with Crippen molar-refractivity contribution in [2.45, 2.75) is 0 Å². The summed E-state index contributed by atoms with van der Waals surface area (Å²) in [4.78, 5) is 0. The van der Waals surface area contributed by atoms with Crippen molar-refractivity contribution < 1.29 is 0 Å². The summed E-state index contributed by atoms with van der Waals surface area (Å²) in [5.41, 5.74) is -7.21. The van der Waals surface area contributed by atoms with Crippen molar-refractivity contribution >= 4 is 176 Å². The molecule has 1 aliphatic rings. The van der Waals surface area contributed by atoms with Gasteiger partial charge in [0.05, 0.1) is 51.6 Å².